The van der Waals surface area contributed by atoms with Crippen LogP contribution in [0.1, 0.15) is 41.3 Å². The highest BCUT2D eigenvalue weighted by Gasteiger charge is 2.13. The van der Waals surface area contributed by atoms with Crippen LogP contribution in [0.15, 0.2) is 59.6 Å². The molecule has 0 radical (unpaired) electrons. The summed E-state index contributed by atoms with van der Waals surface area (Å²) in [6, 6.07) is 17.4. The van der Waals surface area contributed by atoms with Gasteiger partial charge >= 0.3 is 5.97 Å². The maximum atomic E-state index is 12.1. The van der Waals surface area contributed by atoms with Crippen molar-refractivity contribution in [2.75, 3.05) is 13.2 Å². The molecule has 0 aliphatic rings. The zero-order chi connectivity index (χ0) is 15.8. The van der Waals surface area contributed by atoms with Crippen molar-refractivity contribution < 1.29 is 9.53 Å². The van der Waals surface area contributed by atoms with Gasteiger partial charge in [0.25, 0.3) is 0 Å². The summed E-state index contributed by atoms with van der Waals surface area (Å²) < 4.78 is 5.30. The molecule has 3 nitrogen and oxygen atoms in total. The van der Waals surface area contributed by atoms with Crippen LogP contribution in [0.4, 0.5) is 0 Å². The highest BCUT2D eigenvalue weighted by molar-refractivity contribution is 5.91. The number of rotatable bonds is 6. The van der Waals surface area contributed by atoms with Gasteiger partial charge in [-0.1, -0.05) is 62.4 Å². The standard InChI is InChI=1S/C19H21NO2/c1-15(2)17-10-6-7-11-18(17)19(21)22-13-12-20-14-16-8-4-3-5-9-16/h3-11,14-15H,12-13H2,1-2H3. The maximum Gasteiger partial charge on any atom is 0.338 e. The number of carbonyl (C=O) groups is 1. The van der Waals surface area contributed by atoms with Crippen molar-refractivity contribution in [3.05, 3.63) is 71.3 Å². The predicted molar refractivity (Wildman–Crippen MR) is 89.7 cm³/mol. The summed E-state index contributed by atoms with van der Waals surface area (Å²) in [7, 11) is 0. The lowest BCUT2D eigenvalue weighted by Gasteiger charge is -2.11. The Balaban J connectivity index is 1.85. The Labute approximate surface area is 131 Å². The van der Waals surface area contributed by atoms with E-state index in [9.17, 15) is 4.79 Å². The Hall–Kier alpha value is -2.42. The molecular formula is C19H21NO2. The third kappa shape index (κ3) is 4.55. The van der Waals surface area contributed by atoms with E-state index in [-0.39, 0.29) is 12.6 Å². The van der Waals surface area contributed by atoms with Gasteiger partial charge in [0.05, 0.1) is 12.1 Å². The molecule has 0 atom stereocenters. The highest BCUT2D eigenvalue weighted by Crippen LogP contribution is 2.19. The molecule has 2 aromatic carbocycles. The number of carbonyl (C=O) groups excluding carboxylic acids is 1. The first-order valence-corrected chi connectivity index (χ1v) is 7.49. The van der Waals surface area contributed by atoms with Crippen molar-refractivity contribution in [1.29, 1.82) is 0 Å². The van der Waals surface area contributed by atoms with E-state index >= 15 is 0 Å². The SMILES string of the molecule is CC(C)c1ccccc1C(=O)OCCN=Cc1ccccc1. The van der Waals surface area contributed by atoms with Crippen LogP contribution in [0, 0.1) is 0 Å². The Morgan fingerprint density at radius 2 is 1.77 bits per heavy atom. The smallest absolute Gasteiger partial charge is 0.338 e. The Bertz CT molecular complexity index is 633. The highest BCUT2D eigenvalue weighted by atomic mass is 16.5. The first-order valence-electron chi connectivity index (χ1n) is 7.49. The molecule has 3 heteroatoms. The fourth-order valence-electron chi connectivity index (χ4n) is 2.16. The van der Waals surface area contributed by atoms with Crippen molar-refractivity contribution in [3.63, 3.8) is 0 Å². The number of benzene rings is 2. The number of hydrogen-bond acceptors (Lipinski definition) is 3. The van der Waals surface area contributed by atoms with Crippen LogP contribution >= 0.6 is 0 Å². The van der Waals surface area contributed by atoms with Crippen molar-refractivity contribution >= 4 is 12.2 Å². The minimum atomic E-state index is -0.279. The van der Waals surface area contributed by atoms with E-state index < -0.39 is 0 Å². The average Bonchev–Trinajstić information content (AvgIpc) is 2.55. The molecule has 2 rings (SSSR count). The summed E-state index contributed by atoms with van der Waals surface area (Å²) in [6.07, 6.45) is 1.79. The van der Waals surface area contributed by atoms with Crippen LogP contribution in [0.25, 0.3) is 0 Å². The van der Waals surface area contributed by atoms with E-state index in [2.05, 4.69) is 18.8 Å². The maximum absolute atomic E-state index is 12.1. The van der Waals surface area contributed by atoms with Gasteiger partial charge in [0.2, 0.25) is 0 Å². The van der Waals surface area contributed by atoms with Gasteiger partial charge in [-0.15, -0.1) is 0 Å². The van der Waals surface area contributed by atoms with Gasteiger partial charge in [0, 0.05) is 6.21 Å². The minimum Gasteiger partial charge on any atom is -0.460 e. The molecule has 22 heavy (non-hydrogen) atoms. The van der Waals surface area contributed by atoms with Crippen LogP contribution in [0.5, 0.6) is 0 Å². The first kappa shape index (κ1) is 16.0. The second kappa shape index (κ2) is 8.13. The lowest BCUT2D eigenvalue weighted by Crippen LogP contribution is -2.11. The molecule has 0 amide bonds. The minimum absolute atomic E-state index is 0.279. The van der Waals surface area contributed by atoms with E-state index in [1.165, 1.54) is 0 Å². The molecule has 0 unspecified atom stereocenters. The summed E-state index contributed by atoms with van der Waals surface area (Å²) in [5.74, 6) is 0.0130. The van der Waals surface area contributed by atoms with Crippen LogP contribution in [0.2, 0.25) is 0 Å². The molecule has 0 spiro atoms. The van der Waals surface area contributed by atoms with Gasteiger partial charge in [-0.3, -0.25) is 4.99 Å². The molecule has 0 heterocycles. The van der Waals surface area contributed by atoms with Crippen molar-refractivity contribution in [1.82, 2.24) is 0 Å². The second-order valence-corrected chi connectivity index (χ2v) is 5.32. The number of esters is 1. The Morgan fingerprint density at radius 3 is 2.50 bits per heavy atom. The van der Waals surface area contributed by atoms with Gasteiger partial charge in [0.1, 0.15) is 6.61 Å². The third-order valence-corrected chi connectivity index (χ3v) is 3.30. The molecule has 114 valence electrons. The van der Waals surface area contributed by atoms with E-state index in [1.807, 2.05) is 54.6 Å². The number of nitrogens with zero attached hydrogens (tertiary/aromatic N) is 1. The summed E-state index contributed by atoms with van der Waals surface area (Å²) in [5.41, 5.74) is 2.70. The van der Waals surface area contributed by atoms with E-state index in [4.69, 9.17) is 4.74 Å². The molecule has 0 aliphatic carbocycles. The quantitative estimate of drug-likeness (QED) is 0.457. The molecular weight excluding hydrogens is 274 g/mol. The first-order chi connectivity index (χ1) is 10.7. The summed E-state index contributed by atoms with van der Waals surface area (Å²) in [6.45, 7) is 4.88. The van der Waals surface area contributed by atoms with Crippen molar-refractivity contribution in [2.24, 2.45) is 4.99 Å². The van der Waals surface area contributed by atoms with E-state index in [0.29, 0.717) is 18.0 Å². The molecule has 0 saturated heterocycles. The van der Waals surface area contributed by atoms with Gasteiger partial charge < -0.3 is 4.74 Å². The van der Waals surface area contributed by atoms with Crippen LogP contribution in [-0.2, 0) is 4.74 Å². The van der Waals surface area contributed by atoms with Gasteiger partial charge in [-0.25, -0.2) is 4.79 Å². The monoisotopic (exact) mass is 295 g/mol. The Kier molecular flexibility index (Phi) is 5.90. The fraction of sp³-hybridized carbons (Fsp3) is 0.263. The van der Waals surface area contributed by atoms with Crippen molar-refractivity contribution in [2.45, 2.75) is 19.8 Å². The number of aliphatic imine (C=N–C) groups is 1. The van der Waals surface area contributed by atoms with Gasteiger partial charge in [0.15, 0.2) is 0 Å². The fourth-order valence-corrected chi connectivity index (χ4v) is 2.16. The number of hydrogen-bond donors (Lipinski definition) is 0. The van der Waals surface area contributed by atoms with Crippen molar-refractivity contribution in [3.8, 4) is 0 Å². The molecule has 0 saturated carbocycles. The topological polar surface area (TPSA) is 38.7 Å². The second-order valence-electron chi connectivity index (χ2n) is 5.32. The van der Waals surface area contributed by atoms with Crippen LogP contribution in [0.3, 0.4) is 0 Å². The molecule has 0 N–H and O–H groups in total. The molecule has 0 fully saturated rings. The van der Waals surface area contributed by atoms with Crippen LogP contribution in [-0.4, -0.2) is 25.3 Å². The summed E-state index contributed by atoms with van der Waals surface area (Å²) in [5, 5.41) is 0. The van der Waals surface area contributed by atoms with E-state index in [1.54, 1.807) is 6.21 Å². The zero-order valence-electron chi connectivity index (χ0n) is 13.0. The predicted octanol–water partition coefficient (Wildman–Crippen LogP) is 4.09. The molecule has 0 aliphatic heterocycles. The zero-order valence-corrected chi connectivity index (χ0v) is 13.0. The average molecular weight is 295 g/mol. The molecule has 0 aromatic heterocycles. The van der Waals surface area contributed by atoms with E-state index in [0.717, 1.165) is 11.1 Å². The van der Waals surface area contributed by atoms with Crippen LogP contribution < -0.4 is 0 Å². The lowest BCUT2D eigenvalue weighted by atomic mass is 9.97. The van der Waals surface area contributed by atoms with Gasteiger partial charge in [-0.2, -0.15) is 0 Å². The van der Waals surface area contributed by atoms with Gasteiger partial charge in [-0.05, 0) is 23.1 Å². The normalized spacial score (nSPS) is 11.0. The Morgan fingerprint density at radius 1 is 1.09 bits per heavy atom. The number of ether oxygens (including phenoxy) is 1. The molecule has 2 aromatic rings. The summed E-state index contributed by atoms with van der Waals surface area (Å²) in [4.78, 5) is 16.4. The molecule has 0 bridgehead atoms. The third-order valence-electron chi connectivity index (χ3n) is 3.30. The lowest BCUT2D eigenvalue weighted by molar-refractivity contribution is 0.0515. The summed E-state index contributed by atoms with van der Waals surface area (Å²) >= 11 is 0. The largest absolute Gasteiger partial charge is 0.460 e.